The molecule has 0 saturated heterocycles. The number of hydrogen-bond acceptors (Lipinski definition) is 1. The van der Waals surface area contributed by atoms with Gasteiger partial charge in [-0.2, -0.15) is 0 Å². The highest BCUT2D eigenvalue weighted by Gasteiger charge is 1.96. The third-order valence-electron chi connectivity index (χ3n) is 1.03. The predicted octanol–water partition coefficient (Wildman–Crippen LogP) is 1.33. The molecule has 0 unspecified atom stereocenters. The second kappa shape index (κ2) is 2.05. The molecule has 1 aromatic rings. The summed E-state index contributed by atoms with van der Waals surface area (Å²) in [6.07, 6.45) is 1.82. The summed E-state index contributed by atoms with van der Waals surface area (Å²) in [6, 6.07) is 0. The van der Waals surface area contributed by atoms with Crippen molar-refractivity contribution in [2.24, 2.45) is 7.05 Å². The molecule has 0 aliphatic heterocycles. The molecule has 1 aromatic heterocycles. The van der Waals surface area contributed by atoms with Gasteiger partial charge < -0.3 is 4.57 Å². The molecule has 0 saturated carbocycles. The number of aryl methyl sites for hydroxylation is 2. The average Bonchev–Trinajstić information content (AvgIpc) is 1.98. The number of aromatic nitrogens is 2. The average molecular weight is 222 g/mol. The van der Waals surface area contributed by atoms with E-state index in [-0.39, 0.29) is 0 Å². The Hall–Kier alpha value is -0.0600. The van der Waals surface area contributed by atoms with Gasteiger partial charge in [-0.05, 0) is 29.5 Å². The van der Waals surface area contributed by atoms with E-state index in [0.29, 0.717) is 0 Å². The van der Waals surface area contributed by atoms with Crippen LogP contribution >= 0.6 is 22.6 Å². The predicted molar refractivity (Wildman–Crippen MR) is 40.7 cm³/mol. The Morgan fingerprint density at radius 1 is 1.75 bits per heavy atom. The third-order valence-corrected chi connectivity index (χ3v) is 2.57. The second-order valence-corrected chi connectivity index (χ2v) is 2.75. The lowest BCUT2D eigenvalue weighted by Gasteiger charge is -1.88. The summed E-state index contributed by atoms with van der Waals surface area (Å²) in [7, 11) is 1.99. The molecule has 0 spiro atoms. The Labute approximate surface area is 62.1 Å². The Morgan fingerprint density at radius 2 is 2.38 bits per heavy atom. The van der Waals surface area contributed by atoms with Crippen LogP contribution in [0.25, 0.3) is 0 Å². The maximum Gasteiger partial charge on any atom is 0.102 e. The Morgan fingerprint density at radius 3 is 2.50 bits per heavy atom. The van der Waals surface area contributed by atoms with Crippen LogP contribution < -0.4 is 0 Å². The zero-order chi connectivity index (χ0) is 6.15. The van der Waals surface area contributed by atoms with E-state index in [4.69, 9.17) is 0 Å². The molecule has 0 aliphatic carbocycles. The van der Waals surface area contributed by atoms with E-state index in [1.165, 1.54) is 3.70 Å². The highest BCUT2D eigenvalue weighted by Crippen LogP contribution is 2.06. The SMILES string of the molecule is Cc1ncn(C)c1I. The summed E-state index contributed by atoms with van der Waals surface area (Å²) in [5.74, 6) is 0. The van der Waals surface area contributed by atoms with E-state index < -0.39 is 0 Å². The fourth-order valence-electron chi connectivity index (χ4n) is 0.532. The van der Waals surface area contributed by atoms with Crippen molar-refractivity contribution in [2.75, 3.05) is 0 Å². The van der Waals surface area contributed by atoms with Crippen LogP contribution in [0.1, 0.15) is 5.69 Å². The maximum atomic E-state index is 4.07. The lowest BCUT2D eigenvalue weighted by Crippen LogP contribution is -1.87. The second-order valence-electron chi connectivity index (χ2n) is 1.73. The number of nitrogens with zero attached hydrogens (tertiary/aromatic N) is 2. The first-order chi connectivity index (χ1) is 3.72. The van der Waals surface area contributed by atoms with E-state index in [2.05, 4.69) is 27.6 Å². The monoisotopic (exact) mass is 222 g/mol. The smallest absolute Gasteiger partial charge is 0.102 e. The number of rotatable bonds is 0. The highest BCUT2D eigenvalue weighted by molar-refractivity contribution is 14.1. The van der Waals surface area contributed by atoms with Crippen LogP contribution in [0.2, 0.25) is 0 Å². The van der Waals surface area contributed by atoms with E-state index >= 15 is 0 Å². The van der Waals surface area contributed by atoms with Gasteiger partial charge in [0.25, 0.3) is 0 Å². The minimum atomic E-state index is 1.10. The zero-order valence-corrected chi connectivity index (χ0v) is 7.01. The summed E-state index contributed by atoms with van der Waals surface area (Å²) in [5.41, 5.74) is 1.10. The Kier molecular flexibility index (Phi) is 1.55. The van der Waals surface area contributed by atoms with E-state index in [1.807, 2.05) is 24.9 Å². The number of hydrogen-bond donors (Lipinski definition) is 0. The molecule has 0 aromatic carbocycles. The van der Waals surface area contributed by atoms with Gasteiger partial charge in [-0.25, -0.2) is 4.98 Å². The van der Waals surface area contributed by atoms with Gasteiger partial charge in [0.15, 0.2) is 0 Å². The van der Waals surface area contributed by atoms with Gasteiger partial charge in [0, 0.05) is 7.05 Å². The van der Waals surface area contributed by atoms with Gasteiger partial charge in [0.05, 0.1) is 12.0 Å². The van der Waals surface area contributed by atoms with Gasteiger partial charge in [-0.15, -0.1) is 0 Å². The van der Waals surface area contributed by atoms with Crippen LogP contribution in [0.3, 0.4) is 0 Å². The molecule has 0 fully saturated rings. The van der Waals surface area contributed by atoms with Crippen LogP contribution in [0.4, 0.5) is 0 Å². The molecular formula is C5H7IN2. The summed E-state index contributed by atoms with van der Waals surface area (Å²) in [5, 5.41) is 0. The van der Waals surface area contributed by atoms with Crippen molar-refractivity contribution >= 4 is 22.6 Å². The molecule has 0 aliphatic rings. The summed E-state index contributed by atoms with van der Waals surface area (Å²) < 4.78 is 3.21. The minimum absolute atomic E-state index is 1.10. The molecule has 1 heterocycles. The van der Waals surface area contributed by atoms with Gasteiger partial charge in [0.1, 0.15) is 3.70 Å². The van der Waals surface area contributed by atoms with Crippen LogP contribution in [-0.2, 0) is 7.05 Å². The molecule has 8 heavy (non-hydrogen) atoms. The van der Waals surface area contributed by atoms with Crippen molar-refractivity contribution < 1.29 is 0 Å². The molecule has 0 N–H and O–H groups in total. The van der Waals surface area contributed by atoms with Crippen molar-refractivity contribution in [1.82, 2.24) is 9.55 Å². The van der Waals surface area contributed by atoms with E-state index in [9.17, 15) is 0 Å². The van der Waals surface area contributed by atoms with Crippen molar-refractivity contribution in [3.8, 4) is 0 Å². The molecule has 2 nitrogen and oxygen atoms in total. The fraction of sp³-hybridized carbons (Fsp3) is 0.400. The van der Waals surface area contributed by atoms with Gasteiger partial charge >= 0.3 is 0 Å². The van der Waals surface area contributed by atoms with Gasteiger partial charge in [-0.3, -0.25) is 0 Å². The summed E-state index contributed by atoms with van der Waals surface area (Å²) in [4.78, 5) is 4.07. The van der Waals surface area contributed by atoms with E-state index in [1.54, 1.807) is 0 Å². The van der Waals surface area contributed by atoms with Crippen molar-refractivity contribution in [3.05, 3.63) is 15.7 Å². The first kappa shape index (κ1) is 6.07. The summed E-state index contributed by atoms with van der Waals surface area (Å²) >= 11 is 2.26. The van der Waals surface area contributed by atoms with Crippen LogP contribution in [0.5, 0.6) is 0 Å². The largest absolute Gasteiger partial charge is 0.329 e. The molecule has 0 atom stereocenters. The molecule has 44 valence electrons. The molecule has 0 bridgehead atoms. The van der Waals surface area contributed by atoms with Crippen LogP contribution in [0.15, 0.2) is 6.33 Å². The lowest BCUT2D eigenvalue weighted by atomic mass is 10.6. The van der Waals surface area contributed by atoms with E-state index in [0.717, 1.165) is 5.69 Å². The maximum absolute atomic E-state index is 4.07. The van der Waals surface area contributed by atoms with Crippen LogP contribution in [-0.4, -0.2) is 9.55 Å². The van der Waals surface area contributed by atoms with Gasteiger partial charge in [0.2, 0.25) is 0 Å². The first-order valence-corrected chi connectivity index (χ1v) is 3.43. The number of imidazole rings is 1. The van der Waals surface area contributed by atoms with Crippen molar-refractivity contribution in [1.29, 1.82) is 0 Å². The van der Waals surface area contributed by atoms with Crippen molar-refractivity contribution in [3.63, 3.8) is 0 Å². The Balaban J connectivity index is 3.19. The highest BCUT2D eigenvalue weighted by atomic mass is 127. The normalized spacial score (nSPS) is 9.88. The Bertz CT molecular complexity index is 173. The standard InChI is InChI=1S/C5H7IN2/c1-4-5(6)8(2)3-7-4/h3H,1-2H3. The molecule has 1 rings (SSSR count). The lowest BCUT2D eigenvalue weighted by molar-refractivity contribution is 0.886. The third kappa shape index (κ3) is 0.866. The molecule has 3 heteroatoms. The van der Waals surface area contributed by atoms with Crippen LogP contribution in [0, 0.1) is 10.6 Å². The molecular weight excluding hydrogens is 215 g/mol. The first-order valence-electron chi connectivity index (χ1n) is 2.35. The quantitative estimate of drug-likeness (QED) is 0.605. The number of halogens is 1. The molecule has 0 amide bonds. The fourth-order valence-corrected chi connectivity index (χ4v) is 0.796. The topological polar surface area (TPSA) is 17.8 Å². The van der Waals surface area contributed by atoms with Crippen molar-refractivity contribution in [2.45, 2.75) is 6.92 Å². The summed E-state index contributed by atoms with van der Waals surface area (Å²) in [6.45, 7) is 2.00. The molecule has 0 radical (unpaired) electrons. The minimum Gasteiger partial charge on any atom is -0.329 e. The zero-order valence-electron chi connectivity index (χ0n) is 4.85. The van der Waals surface area contributed by atoms with Gasteiger partial charge in [-0.1, -0.05) is 0 Å².